The van der Waals surface area contributed by atoms with Gasteiger partial charge in [-0.2, -0.15) is 0 Å². The van der Waals surface area contributed by atoms with Gasteiger partial charge in [-0.3, -0.25) is 4.79 Å². The van der Waals surface area contributed by atoms with Crippen LogP contribution in [0.15, 0.2) is 12.3 Å². The molecule has 0 aliphatic heterocycles. The van der Waals surface area contributed by atoms with E-state index in [1.54, 1.807) is 6.07 Å². The van der Waals surface area contributed by atoms with Crippen molar-refractivity contribution in [1.82, 2.24) is 4.98 Å². The average molecular weight is 193 g/mol. The van der Waals surface area contributed by atoms with Crippen LogP contribution in [0.4, 0.5) is 0 Å². The number of rotatable bonds is 4. The summed E-state index contributed by atoms with van der Waals surface area (Å²) < 4.78 is 10.6. The number of aromatic nitrogens is 1. The number of carbonyl (C=O) groups is 1. The van der Waals surface area contributed by atoms with Gasteiger partial charge in [0.05, 0.1) is 18.8 Å². The highest BCUT2D eigenvalue weighted by atomic mass is 16.5. The van der Waals surface area contributed by atoms with Crippen molar-refractivity contribution in [3.63, 3.8) is 0 Å². The first kappa shape index (κ1) is 8.99. The molecule has 4 heteroatoms. The van der Waals surface area contributed by atoms with E-state index in [0.29, 0.717) is 17.2 Å². The SMILES string of the molecule is COc1nccc(C=O)c1OC1CC1. The maximum Gasteiger partial charge on any atom is 0.257 e. The molecule has 0 unspecified atom stereocenters. The molecule has 0 atom stereocenters. The fourth-order valence-corrected chi connectivity index (χ4v) is 1.15. The summed E-state index contributed by atoms with van der Waals surface area (Å²) in [6.07, 6.45) is 4.59. The lowest BCUT2D eigenvalue weighted by molar-refractivity contribution is 0.111. The van der Waals surface area contributed by atoms with Gasteiger partial charge >= 0.3 is 0 Å². The molecule has 0 radical (unpaired) electrons. The molecule has 0 aromatic carbocycles. The van der Waals surface area contributed by atoms with E-state index in [9.17, 15) is 4.79 Å². The first-order valence-electron chi connectivity index (χ1n) is 4.50. The van der Waals surface area contributed by atoms with E-state index in [1.165, 1.54) is 13.3 Å². The van der Waals surface area contributed by atoms with Gasteiger partial charge in [-0.15, -0.1) is 0 Å². The Labute approximate surface area is 81.9 Å². The first-order chi connectivity index (χ1) is 6.85. The minimum absolute atomic E-state index is 0.229. The van der Waals surface area contributed by atoms with Gasteiger partial charge in [0.15, 0.2) is 12.0 Å². The van der Waals surface area contributed by atoms with Crippen molar-refractivity contribution in [2.24, 2.45) is 0 Å². The Morgan fingerprint density at radius 3 is 2.93 bits per heavy atom. The molecule has 14 heavy (non-hydrogen) atoms. The fourth-order valence-electron chi connectivity index (χ4n) is 1.15. The average Bonchev–Trinajstić information content (AvgIpc) is 3.02. The van der Waals surface area contributed by atoms with E-state index in [-0.39, 0.29) is 6.10 Å². The molecule has 74 valence electrons. The largest absolute Gasteiger partial charge is 0.484 e. The van der Waals surface area contributed by atoms with E-state index >= 15 is 0 Å². The predicted molar refractivity (Wildman–Crippen MR) is 49.8 cm³/mol. The summed E-state index contributed by atoms with van der Waals surface area (Å²) in [5, 5.41) is 0. The van der Waals surface area contributed by atoms with Crippen LogP contribution in [0.3, 0.4) is 0 Å². The van der Waals surface area contributed by atoms with Gasteiger partial charge in [0.2, 0.25) is 0 Å². The Balaban J connectivity index is 2.33. The Kier molecular flexibility index (Phi) is 2.35. The van der Waals surface area contributed by atoms with Gasteiger partial charge < -0.3 is 9.47 Å². The van der Waals surface area contributed by atoms with Crippen LogP contribution in [0.25, 0.3) is 0 Å². The quantitative estimate of drug-likeness (QED) is 0.679. The molecule has 0 amide bonds. The Hall–Kier alpha value is -1.58. The monoisotopic (exact) mass is 193 g/mol. The van der Waals surface area contributed by atoms with Gasteiger partial charge in [0.1, 0.15) is 0 Å². The standard InChI is InChI=1S/C10H11NO3/c1-13-10-9(14-8-2-3-8)7(6-12)4-5-11-10/h4-6,8H,2-3H2,1H3. The zero-order valence-corrected chi connectivity index (χ0v) is 7.90. The summed E-state index contributed by atoms with van der Waals surface area (Å²) in [7, 11) is 1.51. The summed E-state index contributed by atoms with van der Waals surface area (Å²) in [5.74, 6) is 0.842. The number of aldehydes is 1. The molecule has 0 bridgehead atoms. The highest BCUT2D eigenvalue weighted by Gasteiger charge is 2.26. The third kappa shape index (κ3) is 1.69. The number of nitrogens with zero attached hydrogens (tertiary/aromatic N) is 1. The number of methoxy groups -OCH3 is 1. The van der Waals surface area contributed by atoms with Crippen molar-refractivity contribution < 1.29 is 14.3 Å². The third-order valence-corrected chi connectivity index (χ3v) is 2.03. The van der Waals surface area contributed by atoms with Crippen LogP contribution in [-0.2, 0) is 0 Å². The molecule has 4 nitrogen and oxygen atoms in total. The zero-order valence-electron chi connectivity index (χ0n) is 7.90. The molecule has 1 fully saturated rings. The van der Waals surface area contributed by atoms with Crippen molar-refractivity contribution in [2.45, 2.75) is 18.9 Å². The van der Waals surface area contributed by atoms with E-state index in [2.05, 4.69) is 4.98 Å². The van der Waals surface area contributed by atoms with Crippen LogP contribution in [-0.4, -0.2) is 24.5 Å². The smallest absolute Gasteiger partial charge is 0.257 e. The molecule has 0 N–H and O–H groups in total. The lowest BCUT2D eigenvalue weighted by Crippen LogP contribution is -2.03. The van der Waals surface area contributed by atoms with Crippen LogP contribution in [0.1, 0.15) is 23.2 Å². The minimum atomic E-state index is 0.229. The number of carbonyl (C=O) groups excluding carboxylic acids is 1. The van der Waals surface area contributed by atoms with Crippen LogP contribution in [0.2, 0.25) is 0 Å². The lowest BCUT2D eigenvalue weighted by atomic mass is 10.2. The molecule has 1 aliphatic carbocycles. The van der Waals surface area contributed by atoms with Crippen molar-refractivity contribution in [3.8, 4) is 11.6 Å². The maximum absolute atomic E-state index is 10.7. The number of hydrogen-bond acceptors (Lipinski definition) is 4. The van der Waals surface area contributed by atoms with Crippen LogP contribution in [0, 0.1) is 0 Å². The number of pyridine rings is 1. The van der Waals surface area contributed by atoms with Crippen LogP contribution in [0.5, 0.6) is 11.6 Å². The number of ether oxygens (including phenoxy) is 2. The predicted octanol–water partition coefficient (Wildman–Crippen LogP) is 1.44. The van der Waals surface area contributed by atoms with Crippen molar-refractivity contribution in [3.05, 3.63) is 17.8 Å². The van der Waals surface area contributed by atoms with Crippen molar-refractivity contribution >= 4 is 6.29 Å². The fraction of sp³-hybridized carbons (Fsp3) is 0.400. The minimum Gasteiger partial charge on any atom is -0.484 e. The normalized spacial score (nSPS) is 14.9. The van der Waals surface area contributed by atoms with Gasteiger partial charge in [-0.25, -0.2) is 4.98 Å². The second-order valence-electron chi connectivity index (χ2n) is 3.17. The van der Waals surface area contributed by atoms with Gasteiger partial charge in [-0.05, 0) is 18.9 Å². The second-order valence-corrected chi connectivity index (χ2v) is 3.17. The highest BCUT2D eigenvalue weighted by Crippen LogP contribution is 2.33. The molecule has 2 rings (SSSR count). The van der Waals surface area contributed by atoms with E-state index in [1.807, 2.05) is 0 Å². The molecule has 0 saturated heterocycles. The second kappa shape index (κ2) is 3.65. The van der Waals surface area contributed by atoms with Crippen molar-refractivity contribution in [2.75, 3.05) is 7.11 Å². The molecule has 1 aromatic rings. The maximum atomic E-state index is 10.7. The summed E-state index contributed by atoms with van der Waals surface area (Å²) in [6, 6.07) is 1.62. The number of hydrogen-bond donors (Lipinski definition) is 0. The van der Waals surface area contributed by atoms with Crippen molar-refractivity contribution in [1.29, 1.82) is 0 Å². The lowest BCUT2D eigenvalue weighted by Gasteiger charge is -2.09. The zero-order chi connectivity index (χ0) is 9.97. The molecule has 1 aromatic heterocycles. The van der Waals surface area contributed by atoms with E-state index < -0.39 is 0 Å². The molecule has 0 spiro atoms. The summed E-state index contributed by atoms with van der Waals surface area (Å²) >= 11 is 0. The summed E-state index contributed by atoms with van der Waals surface area (Å²) in [5.41, 5.74) is 0.490. The van der Waals surface area contributed by atoms with Gasteiger partial charge in [0.25, 0.3) is 5.88 Å². The topological polar surface area (TPSA) is 48.4 Å². The molecule has 1 heterocycles. The Morgan fingerprint density at radius 2 is 2.36 bits per heavy atom. The van der Waals surface area contributed by atoms with E-state index in [0.717, 1.165) is 19.1 Å². The van der Waals surface area contributed by atoms with Gasteiger partial charge in [-0.1, -0.05) is 0 Å². The highest BCUT2D eigenvalue weighted by molar-refractivity contribution is 5.80. The van der Waals surface area contributed by atoms with Crippen LogP contribution < -0.4 is 9.47 Å². The Morgan fingerprint density at radius 1 is 1.57 bits per heavy atom. The molecular weight excluding hydrogens is 182 g/mol. The van der Waals surface area contributed by atoms with E-state index in [4.69, 9.17) is 9.47 Å². The molecule has 1 saturated carbocycles. The first-order valence-corrected chi connectivity index (χ1v) is 4.50. The summed E-state index contributed by atoms with van der Waals surface area (Å²) in [4.78, 5) is 14.7. The Bertz CT molecular complexity index is 347. The van der Waals surface area contributed by atoms with Crippen LogP contribution >= 0.6 is 0 Å². The van der Waals surface area contributed by atoms with Gasteiger partial charge in [0, 0.05) is 6.20 Å². The summed E-state index contributed by atoms with van der Waals surface area (Å²) in [6.45, 7) is 0. The molecular formula is C10H11NO3. The molecule has 1 aliphatic rings. The third-order valence-electron chi connectivity index (χ3n) is 2.03.